The van der Waals surface area contributed by atoms with Gasteiger partial charge < -0.3 is 15.3 Å². The molecule has 0 radical (unpaired) electrons. The molecule has 1 heterocycles. The third-order valence-electron chi connectivity index (χ3n) is 10.6. The third-order valence-corrected chi connectivity index (χ3v) is 10.6. The SMILES string of the molecule is C=C1C(=CC=C2CCC[C@]3(C)[C@@H]([C@H](C)C=C[C@@H](O)C4(c5cc(CC)ccn5)CC4)CC[C@@H]23)C[C@@H](O)C[C@@H]1O. The van der Waals surface area contributed by atoms with Crippen LogP contribution in [0.3, 0.4) is 0 Å². The normalized spacial score (nSPS) is 36.5. The minimum Gasteiger partial charge on any atom is -0.393 e. The maximum atomic E-state index is 11.3. The van der Waals surface area contributed by atoms with Crippen LogP contribution in [0.15, 0.2) is 65.9 Å². The first-order valence-corrected chi connectivity index (χ1v) is 14.9. The first kappa shape index (κ1) is 27.6. The lowest BCUT2D eigenvalue weighted by Crippen LogP contribution is -2.35. The molecule has 0 aliphatic heterocycles. The minimum atomic E-state index is -0.639. The van der Waals surface area contributed by atoms with Crippen LogP contribution in [0.1, 0.15) is 89.8 Å². The summed E-state index contributed by atoms with van der Waals surface area (Å²) in [6.45, 7) is 11.1. The van der Waals surface area contributed by atoms with Gasteiger partial charge in [-0.2, -0.15) is 0 Å². The maximum absolute atomic E-state index is 11.3. The Bertz CT molecular complexity index is 1130. The molecule has 4 heteroatoms. The second kappa shape index (κ2) is 10.9. The summed E-state index contributed by atoms with van der Waals surface area (Å²) in [5.74, 6) is 1.57. The molecule has 4 saturated carbocycles. The zero-order valence-electron chi connectivity index (χ0n) is 23.6. The molecular formula is C34H47NO3. The number of aryl methyl sites for hydroxylation is 1. The molecule has 0 spiro atoms. The van der Waals surface area contributed by atoms with Crippen molar-refractivity contribution in [3.63, 3.8) is 0 Å². The number of nitrogens with zero attached hydrogens (tertiary/aromatic N) is 1. The topological polar surface area (TPSA) is 73.6 Å². The van der Waals surface area contributed by atoms with Gasteiger partial charge in [-0.1, -0.05) is 57.2 Å². The van der Waals surface area contributed by atoms with E-state index < -0.39 is 18.3 Å². The second-order valence-electron chi connectivity index (χ2n) is 12.9. The molecule has 3 N–H and O–H groups in total. The molecule has 4 nitrogen and oxygen atoms in total. The summed E-state index contributed by atoms with van der Waals surface area (Å²) >= 11 is 0. The van der Waals surface area contributed by atoms with E-state index in [1.54, 1.807) is 0 Å². The first-order valence-electron chi connectivity index (χ1n) is 14.9. The van der Waals surface area contributed by atoms with E-state index in [4.69, 9.17) is 0 Å². The summed E-state index contributed by atoms with van der Waals surface area (Å²) in [6.07, 6.45) is 19.0. The fourth-order valence-corrected chi connectivity index (χ4v) is 8.01. The lowest BCUT2D eigenvalue weighted by molar-refractivity contribution is 0.0862. The van der Waals surface area contributed by atoms with Crippen LogP contribution in [0.5, 0.6) is 0 Å². The fraction of sp³-hybridized carbons (Fsp3) is 0.618. The molecule has 0 bridgehead atoms. The van der Waals surface area contributed by atoms with Gasteiger partial charge in [0.05, 0.1) is 18.3 Å². The van der Waals surface area contributed by atoms with E-state index >= 15 is 0 Å². The van der Waals surface area contributed by atoms with Gasteiger partial charge in [0, 0.05) is 23.7 Å². The van der Waals surface area contributed by atoms with E-state index in [1.807, 2.05) is 6.20 Å². The maximum Gasteiger partial charge on any atom is 0.0832 e. The molecule has 0 amide bonds. The molecule has 4 aliphatic rings. The summed E-state index contributed by atoms with van der Waals surface area (Å²) < 4.78 is 0. The molecule has 1 aromatic rings. The van der Waals surface area contributed by atoms with E-state index in [-0.39, 0.29) is 10.8 Å². The molecule has 206 valence electrons. The number of rotatable bonds is 7. The zero-order chi connectivity index (χ0) is 27.1. The van der Waals surface area contributed by atoms with Gasteiger partial charge in [-0.05, 0) is 110 Å². The van der Waals surface area contributed by atoms with Crippen molar-refractivity contribution in [2.75, 3.05) is 0 Å². The number of aromatic nitrogens is 1. The van der Waals surface area contributed by atoms with Crippen LogP contribution in [-0.2, 0) is 11.8 Å². The van der Waals surface area contributed by atoms with Crippen LogP contribution in [0.25, 0.3) is 0 Å². The Hall–Kier alpha value is -2.01. The molecule has 4 fully saturated rings. The molecule has 0 aromatic carbocycles. The molecule has 0 saturated heterocycles. The molecule has 0 unspecified atom stereocenters. The van der Waals surface area contributed by atoms with E-state index in [1.165, 1.54) is 36.8 Å². The van der Waals surface area contributed by atoms with E-state index in [2.05, 4.69) is 68.8 Å². The molecule has 1 aromatic heterocycles. The summed E-state index contributed by atoms with van der Waals surface area (Å²) in [6, 6.07) is 4.26. The van der Waals surface area contributed by atoms with E-state index in [9.17, 15) is 15.3 Å². The Morgan fingerprint density at radius 2 is 1.95 bits per heavy atom. The van der Waals surface area contributed by atoms with Crippen LogP contribution in [0, 0.1) is 23.2 Å². The van der Waals surface area contributed by atoms with Crippen LogP contribution in [0.2, 0.25) is 0 Å². The van der Waals surface area contributed by atoms with Crippen molar-refractivity contribution in [2.45, 2.75) is 109 Å². The molecule has 4 aliphatic carbocycles. The number of hydrogen-bond acceptors (Lipinski definition) is 4. The van der Waals surface area contributed by atoms with Gasteiger partial charge in [-0.25, -0.2) is 0 Å². The van der Waals surface area contributed by atoms with E-state index in [0.717, 1.165) is 42.5 Å². The zero-order valence-corrected chi connectivity index (χ0v) is 23.6. The van der Waals surface area contributed by atoms with Gasteiger partial charge in [0.2, 0.25) is 0 Å². The van der Waals surface area contributed by atoms with Crippen molar-refractivity contribution in [1.29, 1.82) is 0 Å². The van der Waals surface area contributed by atoms with Gasteiger partial charge in [0.25, 0.3) is 0 Å². The Morgan fingerprint density at radius 3 is 2.68 bits per heavy atom. The number of allylic oxidation sites excluding steroid dienone is 4. The number of aliphatic hydroxyl groups is 3. The standard InChI is InChI=1S/C34H47NO3/c1-5-24-14-18-35-31(19-24)34(16-17-34)32(38)13-8-22(2)28-11-12-29-25(7-6-15-33(28,29)4)9-10-26-20-27(36)21-30(37)23(26)3/h8-10,13-14,18-19,22,27-30,32,36-38H,3,5-7,11-12,15-17,20-21H2,1-2,4H3/t22-,27-,28-,29+,30+,32-,33-/m1/s1. The lowest BCUT2D eigenvalue weighted by Gasteiger charge is -2.44. The number of fused-ring (bicyclic) bond motifs is 1. The lowest BCUT2D eigenvalue weighted by atomic mass is 9.61. The summed E-state index contributed by atoms with van der Waals surface area (Å²) in [7, 11) is 0. The Balaban J connectivity index is 1.29. The van der Waals surface area contributed by atoms with Crippen molar-refractivity contribution in [1.82, 2.24) is 4.98 Å². The average molecular weight is 518 g/mol. The van der Waals surface area contributed by atoms with Gasteiger partial charge in [0.1, 0.15) is 0 Å². The largest absolute Gasteiger partial charge is 0.393 e. The molecule has 5 rings (SSSR count). The Kier molecular flexibility index (Phi) is 7.88. The summed E-state index contributed by atoms with van der Waals surface area (Å²) in [5, 5.41) is 31.6. The predicted octanol–water partition coefficient (Wildman–Crippen LogP) is 6.37. The average Bonchev–Trinajstić information content (AvgIpc) is 3.64. The van der Waals surface area contributed by atoms with Crippen LogP contribution in [0.4, 0.5) is 0 Å². The van der Waals surface area contributed by atoms with Crippen molar-refractivity contribution in [3.05, 3.63) is 77.2 Å². The van der Waals surface area contributed by atoms with Gasteiger partial charge >= 0.3 is 0 Å². The molecule has 38 heavy (non-hydrogen) atoms. The molecular weight excluding hydrogens is 470 g/mol. The van der Waals surface area contributed by atoms with Crippen LogP contribution < -0.4 is 0 Å². The highest BCUT2D eigenvalue weighted by Crippen LogP contribution is 2.60. The summed E-state index contributed by atoms with van der Waals surface area (Å²) in [5.41, 5.74) is 5.66. The van der Waals surface area contributed by atoms with Gasteiger partial charge in [-0.15, -0.1) is 0 Å². The second-order valence-corrected chi connectivity index (χ2v) is 12.9. The quantitative estimate of drug-likeness (QED) is 0.368. The Labute approximate surface area is 229 Å². The van der Waals surface area contributed by atoms with Crippen molar-refractivity contribution >= 4 is 0 Å². The predicted molar refractivity (Wildman–Crippen MR) is 154 cm³/mol. The van der Waals surface area contributed by atoms with Gasteiger partial charge in [-0.3, -0.25) is 4.98 Å². The highest BCUT2D eigenvalue weighted by molar-refractivity contribution is 5.39. The highest BCUT2D eigenvalue weighted by atomic mass is 16.3. The Morgan fingerprint density at radius 1 is 1.16 bits per heavy atom. The first-order chi connectivity index (χ1) is 18.2. The number of aliphatic hydroxyl groups excluding tert-OH is 3. The van der Waals surface area contributed by atoms with Crippen LogP contribution >= 0.6 is 0 Å². The van der Waals surface area contributed by atoms with Gasteiger partial charge in [0.15, 0.2) is 0 Å². The van der Waals surface area contributed by atoms with Crippen LogP contribution in [-0.4, -0.2) is 38.6 Å². The summed E-state index contributed by atoms with van der Waals surface area (Å²) in [4.78, 5) is 4.65. The van der Waals surface area contributed by atoms with Crippen molar-refractivity contribution < 1.29 is 15.3 Å². The third kappa shape index (κ3) is 5.12. The number of hydrogen-bond donors (Lipinski definition) is 3. The number of pyridine rings is 1. The fourth-order valence-electron chi connectivity index (χ4n) is 8.01. The highest BCUT2D eigenvalue weighted by Gasteiger charge is 2.52. The van der Waals surface area contributed by atoms with Crippen molar-refractivity contribution in [2.24, 2.45) is 23.2 Å². The smallest absolute Gasteiger partial charge is 0.0832 e. The monoisotopic (exact) mass is 517 g/mol. The molecule has 7 atom stereocenters. The van der Waals surface area contributed by atoms with Crippen molar-refractivity contribution in [3.8, 4) is 0 Å². The minimum absolute atomic E-state index is 0.206. The van der Waals surface area contributed by atoms with E-state index in [0.29, 0.717) is 30.6 Å².